The highest BCUT2D eigenvalue weighted by molar-refractivity contribution is 7.10. The Bertz CT molecular complexity index is 319. The van der Waals surface area contributed by atoms with Gasteiger partial charge in [-0.25, -0.2) is 0 Å². The van der Waals surface area contributed by atoms with Gasteiger partial charge < -0.3 is 10.4 Å². The Hall–Kier alpha value is -0.870. The molecule has 0 saturated heterocycles. The molecule has 0 spiro atoms. The van der Waals surface area contributed by atoms with Gasteiger partial charge in [-0.3, -0.25) is 4.79 Å². The van der Waals surface area contributed by atoms with E-state index < -0.39 is 11.4 Å². The number of hydrogen-bond donors (Lipinski definition) is 2. The van der Waals surface area contributed by atoms with Gasteiger partial charge in [0.05, 0.1) is 5.41 Å². The van der Waals surface area contributed by atoms with Crippen LogP contribution in [0.1, 0.15) is 31.7 Å². The average Bonchev–Trinajstić information content (AvgIpc) is 2.66. The minimum atomic E-state index is -0.770. The molecule has 0 saturated carbocycles. The second kappa shape index (κ2) is 4.77. The summed E-state index contributed by atoms with van der Waals surface area (Å²) >= 11 is 1.68. The van der Waals surface area contributed by atoms with Gasteiger partial charge in [-0.1, -0.05) is 6.07 Å². The highest BCUT2D eigenvalue weighted by Crippen LogP contribution is 2.20. The van der Waals surface area contributed by atoms with Crippen LogP contribution in [0.4, 0.5) is 0 Å². The fraction of sp³-hybridized carbons (Fsp3) is 0.545. The molecule has 1 rings (SSSR count). The molecule has 1 aromatic rings. The Kier molecular flexibility index (Phi) is 3.88. The normalized spacial score (nSPS) is 13.8. The first-order valence-electron chi connectivity index (χ1n) is 4.93. The van der Waals surface area contributed by atoms with E-state index >= 15 is 0 Å². The van der Waals surface area contributed by atoms with Gasteiger partial charge in [0, 0.05) is 17.5 Å². The molecule has 1 heterocycles. The topological polar surface area (TPSA) is 49.3 Å². The minimum Gasteiger partial charge on any atom is -0.481 e. The van der Waals surface area contributed by atoms with Crippen molar-refractivity contribution in [2.45, 2.75) is 26.8 Å². The highest BCUT2D eigenvalue weighted by atomic mass is 32.1. The van der Waals surface area contributed by atoms with E-state index in [2.05, 4.69) is 11.4 Å². The second-order valence-electron chi connectivity index (χ2n) is 4.31. The third kappa shape index (κ3) is 3.32. The number of nitrogens with one attached hydrogen (secondary N) is 1. The van der Waals surface area contributed by atoms with Crippen molar-refractivity contribution < 1.29 is 9.90 Å². The molecule has 2 N–H and O–H groups in total. The number of rotatable bonds is 5. The lowest BCUT2D eigenvalue weighted by Gasteiger charge is -2.22. The van der Waals surface area contributed by atoms with Crippen molar-refractivity contribution in [2.75, 3.05) is 6.54 Å². The maximum Gasteiger partial charge on any atom is 0.310 e. The Labute approximate surface area is 94.1 Å². The van der Waals surface area contributed by atoms with Crippen LogP contribution in [0.5, 0.6) is 0 Å². The zero-order chi connectivity index (χ0) is 11.5. The third-order valence-corrected chi connectivity index (χ3v) is 3.45. The zero-order valence-corrected chi connectivity index (χ0v) is 10.1. The average molecular weight is 227 g/mol. The van der Waals surface area contributed by atoms with Crippen LogP contribution in [-0.2, 0) is 4.79 Å². The van der Waals surface area contributed by atoms with Gasteiger partial charge in [-0.05, 0) is 32.2 Å². The minimum absolute atomic E-state index is 0.212. The van der Waals surface area contributed by atoms with E-state index in [9.17, 15) is 4.79 Å². The predicted molar refractivity (Wildman–Crippen MR) is 62.2 cm³/mol. The van der Waals surface area contributed by atoms with Gasteiger partial charge in [-0.2, -0.15) is 0 Å². The Morgan fingerprint density at radius 2 is 2.33 bits per heavy atom. The molecule has 0 amide bonds. The molecule has 1 atom stereocenters. The van der Waals surface area contributed by atoms with E-state index in [1.807, 2.05) is 18.4 Å². The highest BCUT2D eigenvalue weighted by Gasteiger charge is 2.27. The summed E-state index contributed by atoms with van der Waals surface area (Å²) in [6, 6.07) is 4.26. The predicted octanol–water partition coefficient (Wildman–Crippen LogP) is 2.51. The monoisotopic (exact) mass is 227 g/mol. The van der Waals surface area contributed by atoms with Gasteiger partial charge >= 0.3 is 5.97 Å². The molecule has 84 valence electrons. The summed E-state index contributed by atoms with van der Waals surface area (Å²) in [6.07, 6.45) is 0. The Morgan fingerprint density at radius 3 is 2.80 bits per heavy atom. The molecular formula is C11H17NO2S. The van der Waals surface area contributed by atoms with E-state index in [0.29, 0.717) is 6.54 Å². The van der Waals surface area contributed by atoms with Crippen LogP contribution in [0.15, 0.2) is 17.5 Å². The number of carboxylic acids is 1. The summed E-state index contributed by atoms with van der Waals surface area (Å²) in [4.78, 5) is 12.1. The number of thiophene rings is 1. The van der Waals surface area contributed by atoms with Crippen LogP contribution in [0.3, 0.4) is 0 Å². The molecular weight excluding hydrogens is 210 g/mol. The molecule has 0 aliphatic rings. The van der Waals surface area contributed by atoms with Gasteiger partial charge in [0.25, 0.3) is 0 Å². The van der Waals surface area contributed by atoms with Crippen molar-refractivity contribution in [1.82, 2.24) is 5.32 Å². The number of carbonyl (C=O) groups is 1. The second-order valence-corrected chi connectivity index (χ2v) is 5.29. The lowest BCUT2D eigenvalue weighted by molar-refractivity contribution is -0.146. The first kappa shape index (κ1) is 12.2. The lowest BCUT2D eigenvalue weighted by atomic mass is 9.93. The largest absolute Gasteiger partial charge is 0.481 e. The Balaban J connectivity index is 2.47. The van der Waals surface area contributed by atoms with Crippen molar-refractivity contribution in [3.05, 3.63) is 22.4 Å². The summed E-state index contributed by atoms with van der Waals surface area (Å²) in [7, 11) is 0. The van der Waals surface area contributed by atoms with E-state index in [4.69, 9.17) is 5.11 Å². The van der Waals surface area contributed by atoms with Crippen LogP contribution in [0.2, 0.25) is 0 Å². The number of hydrogen-bond acceptors (Lipinski definition) is 3. The summed E-state index contributed by atoms with van der Waals surface area (Å²) in [5.41, 5.74) is -0.717. The van der Waals surface area contributed by atoms with Crippen LogP contribution in [0.25, 0.3) is 0 Å². The fourth-order valence-corrected chi connectivity index (χ4v) is 1.88. The molecule has 0 fully saturated rings. The Morgan fingerprint density at radius 1 is 1.67 bits per heavy atom. The quantitative estimate of drug-likeness (QED) is 0.812. The molecule has 1 aromatic heterocycles. The summed E-state index contributed by atoms with van der Waals surface area (Å²) in [5.74, 6) is -0.770. The smallest absolute Gasteiger partial charge is 0.310 e. The van der Waals surface area contributed by atoms with Gasteiger partial charge in [-0.15, -0.1) is 11.3 Å². The fourth-order valence-electron chi connectivity index (χ4n) is 1.12. The van der Waals surface area contributed by atoms with Crippen LogP contribution in [0, 0.1) is 5.41 Å². The van der Waals surface area contributed by atoms with E-state index in [1.54, 1.807) is 25.2 Å². The summed E-state index contributed by atoms with van der Waals surface area (Å²) in [6.45, 7) is 5.97. The molecule has 0 aromatic carbocycles. The summed E-state index contributed by atoms with van der Waals surface area (Å²) in [5, 5.41) is 14.2. The maximum absolute atomic E-state index is 10.9. The van der Waals surface area contributed by atoms with Crippen molar-refractivity contribution >= 4 is 17.3 Å². The molecule has 0 aliphatic heterocycles. The van der Waals surface area contributed by atoms with Crippen molar-refractivity contribution in [2.24, 2.45) is 5.41 Å². The van der Waals surface area contributed by atoms with Crippen LogP contribution >= 0.6 is 11.3 Å². The van der Waals surface area contributed by atoms with Crippen molar-refractivity contribution in [1.29, 1.82) is 0 Å². The lowest BCUT2D eigenvalue weighted by Crippen LogP contribution is -2.36. The maximum atomic E-state index is 10.9. The molecule has 0 bridgehead atoms. The van der Waals surface area contributed by atoms with E-state index in [0.717, 1.165) is 0 Å². The van der Waals surface area contributed by atoms with Crippen molar-refractivity contribution in [3.8, 4) is 0 Å². The third-order valence-electron chi connectivity index (χ3n) is 2.40. The molecule has 15 heavy (non-hydrogen) atoms. The van der Waals surface area contributed by atoms with Crippen LogP contribution < -0.4 is 5.32 Å². The van der Waals surface area contributed by atoms with Crippen LogP contribution in [-0.4, -0.2) is 17.6 Å². The summed E-state index contributed by atoms with van der Waals surface area (Å²) < 4.78 is 0. The first-order valence-corrected chi connectivity index (χ1v) is 5.81. The number of aliphatic carboxylic acids is 1. The molecule has 1 unspecified atom stereocenters. The molecule has 0 aliphatic carbocycles. The SMILES string of the molecule is CC(NCC(C)(C)C(=O)O)c1cccs1. The molecule has 4 heteroatoms. The number of carboxylic acid groups (broad SMARTS) is 1. The van der Waals surface area contributed by atoms with Gasteiger partial charge in [0.1, 0.15) is 0 Å². The van der Waals surface area contributed by atoms with E-state index in [1.165, 1.54) is 4.88 Å². The molecule has 0 radical (unpaired) electrons. The van der Waals surface area contributed by atoms with Gasteiger partial charge in [0.15, 0.2) is 0 Å². The first-order chi connectivity index (χ1) is 6.93. The van der Waals surface area contributed by atoms with Gasteiger partial charge in [0.2, 0.25) is 0 Å². The zero-order valence-electron chi connectivity index (χ0n) is 9.28. The van der Waals surface area contributed by atoms with Crippen molar-refractivity contribution in [3.63, 3.8) is 0 Å². The van der Waals surface area contributed by atoms with E-state index in [-0.39, 0.29) is 6.04 Å². The molecule has 3 nitrogen and oxygen atoms in total. The standard InChI is InChI=1S/C11H17NO2S/c1-8(9-5-4-6-15-9)12-7-11(2,3)10(13)14/h4-6,8,12H,7H2,1-3H3,(H,13,14).